The number of fused-ring (bicyclic) bond motifs is 1. The highest BCUT2D eigenvalue weighted by Gasteiger charge is 2.38. The highest BCUT2D eigenvalue weighted by Crippen LogP contribution is 2.41. The Labute approximate surface area is 140 Å². The van der Waals surface area contributed by atoms with Gasteiger partial charge in [-0.3, -0.25) is 4.90 Å². The van der Waals surface area contributed by atoms with Crippen molar-refractivity contribution in [3.05, 3.63) is 22.2 Å². The summed E-state index contributed by atoms with van der Waals surface area (Å²) in [6.45, 7) is 7.10. The molecule has 1 spiro atoms. The van der Waals surface area contributed by atoms with E-state index in [1.807, 2.05) is 0 Å². The molecule has 2 fully saturated rings. The first-order chi connectivity index (χ1) is 10.7. The Morgan fingerprint density at radius 3 is 2.82 bits per heavy atom. The van der Waals surface area contributed by atoms with E-state index in [4.69, 9.17) is 9.47 Å². The van der Waals surface area contributed by atoms with E-state index in [2.05, 4.69) is 38.3 Å². The largest absolute Gasteiger partial charge is 0.486 e. The molecule has 0 unspecified atom stereocenters. The van der Waals surface area contributed by atoms with Gasteiger partial charge in [0.15, 0.2) is 11.5 Å². The number of ether oxygens (including phenoxy) is 2. The van der Waals surface area contributed by atoms with Crippen LogP contribution in [-0.4, -0.2) is 44.3 Å². The number of hydrogen-bond donors (Lipinski definition) is 1. The lowest BCUT2D eigenvalue weighted by molar-refractivity contribution is 0.169. The van der Waals surface area contributed by atoms with Gasteiger partial charge < -0.3 is 14.8 Å². The monoisotopic (exact) mass is 366 g/mol. The van der Waals surface area contributed by atoms with Crippen LogP contribution in [0.1, 0.15) is 24.8 Å². The average molecular weight is 367 g/mol. The third-order valence-electron chi connectivity index (χ3n) is 5.24. The van der Waals surface area contributed by atoms with Crippen molar-refractivity contribution in [3.8, 4) is 11.5 Å². The molecule has 4 rings (SSSR count). The predicted molar refractivity (Wildman–Crippen MR) is 89.6 cm³/mol. The van der Waals surface area contributed by atoms with Crippen LogP contribution in [0.5, 0.6) is 11.5 Å². The summed E-state index contributed by atoms with van der Waals surface area (Å²) in [6.07, 6.45) is 4.00. The van der Waals surface area contributed by atoms with Gasteiger partial charge in [0.25, 0.3) is 0 Å². The predicted octanol–water partition coefficient (Wildman–Crippen LogP) is 2.80. The number of nitrogens with zero attached hydrogens (tertiary/aromatic N) is 1. The van der Waals surface area contributed by atoms with Gasteiger partial charge in [-0.25, -0.2) is 0 Å². The third-order valence-corrected chi connectivity index (χ3v) is 5.83. The molecule has 3 aliphatic heterocycles. The van der Waals surface area contributed by atoms with Crippen molar-refractivity contribution in [1.29, 1.82) is 0 Å². The molecular weight excluding hydrogens is 344 g/mol. The maximum Gasteiger partial charge on any atom is 0.175 e. The van der Waals surface area contributed by atoms with Gasteiger partial charge in [-0.1, -0.05) is 0 Å². The average Bonchev–Trinajstić information content (AvgIpc) is 2.90. The van der Waals surface area contributed by atoms with E-state index < -0.39 is 0 Å². The van der Waals surface area contributed by atoms with Gasteiger partial charge in [-0.15, -0.1) is 0 Å². The van der Waals surface area contributed by atoms with E-state index in [1.165, 1.54) is 51.0 Å². The number of hydrogen-bond acceptors (Lipinski definition) is 4. The quantitative estimate of drug-likeness (QED) is 0.872. The van der Waals surface area contributed by atoms with Crippen LogP contribution < -0.4 is 14.8 Å². The molecule has 3 heterocycles. The molecule has 5 heteroatoms. The van der Waals surface area contributed by atoms with Crippen molar-refractivity contribution in [2.24, 2.45) is 5.41 Å². The summed E-state index contributed by atoms with van der Waals surface area (Å²) < 4.78 is 12.4. The molecule has 1 aromatic rings. The SMILES string of the molecule is Brc1cc(CN2CCC3(CCNCC3)C2)cc2c1OCCO2. The number of piperidine rings is 1. The number of likely N-dealkylation sites (tertiary alicyclic amines) is 1. The highest BCUT2D eigenvalue weighted by atomic mass is 79.9. The molecule has 0 saturated carbocycles. The molecule has 1 N–H and O–H groups in total. The molecule has 0 bridgehead atoms. The van der Waals surface area contributed by atoms with Crippen LogP contribution in [0.15, 0.2) is 16.6 Å². The van der Waals surface area contributed by atoms with Crippen LogP contribution in [0, 0.1) is 5.41 Å². The molecule has 1 aromatic carbocycles. The zero-order valence-corrected chi connectivity index (χ0v) is 14.5. The molecule has 0 radical (unpaired) electrons. The second-order valence-corrected chi connectivity index (χ2v) is 7.67. The third kappa shape index (κ3) is 2.86. The van der Waals surface area contributed by atoms with E-state index in [-0.39, 0.29) is 0 Å². The van der Waals surface area contributed by atoms with Crippen LogP contribution in [0.4, 0.5) is 0 Å². The van der Waals surface area contributed by atoms with E-state index in [9.17, 15) is 0 Å². The molecule has 120 valence electrons. The Morgan fingerprint density at radius 2 is 1.95 bits per heavy atom. The Hall–Kier alpha value is -0.780. The smallest absolute Gasteiger partial charge is 0.175 e. The Balaban J connectivity index is 1.46. The fourth-order valence-corrected chi connectivity index (χ4v) is 4.65. The van der Waals surface area contributed by atoms with Gasteiger partial charge >= 0.3 is 0 Å². The van der Waals surface area contributed by atoms with Gasteiger partial charge in [-0.2, -0.15) is 0 Å². The normalized spacial score (nSPS) is 23.9. The second-order valence-electron chi connectivity index (χ2n) is 6.81. The zero-order chi connectivity index (χ0) is 15.0. The van der Waals surface area contributed by atoms with Gasteiger partial charge in [0.2, 0.25) is 0 Å². The van der Waals surface area contributed by atoms with E-state index in [0.29, 0.717) is 18.6 Å². The van der Waals surface area contributed by atoms with E-state index in [1.54, 1.807) is 0 Å². The summed E-state index contributed by atoms with van der Waals surface area (Å²) in [7, 11) is 0. The number of benzene rings is 1. The van der Waals surface area contributed by atoms with Crippen molar-refractivity contribution in [2.75, 3.05) is 39.4 Å². The van der Waals surface area contributed by atoms with Crippen molar-refractivity contribution < 1.29 is 9.47 Å². The molecule has 0 aliphatic carbocycles. The van der Waals surface area contributed by atoms with Crippen molar-refractivity contribution >= 4 is 15.9 Å². The minimum atomic E-state index is 0.566. The standard InChI is InChI=1S/C17H23BrN2O2/c18-14-9-13(10-15-16(14)22-8-7-21-15)11-20-6-3-17(12-20)1-4-19-5-2-17/h9-10,19H,1-8,11-12H2. The molecule has 0 amide bonds. The molecule has 22 heavy (non-hydrogen) atoms. The maximum atomic E-state index is 5.74. The summed E-state index contributed by atoms with van der Waals surface area (Å²) in [5.41, 5.74) is 1.87. The van der Waals surface area contributed by atoms with Crippen LogP contribution in [0.3, 0.4) is 0 Å². The second kappa shape index (κ2) is 6.02. The summed E-state index contributed by atoms with van der Waals surface area (Å²) in [4.78, 5) is 2.60. The van der Waals surface area contributed by atoms with Crippen molar-refractivity contribution in [3.63, 3.8) is 0 Å². The van der Waals surface area contributed by atoms with Gasteiger partial charge in [0.1, 0.15) is 13.2 Å². The molecule has 0 aromatic heterocycles. The van der Waals surface area contributed by atoms with Gasteiger partial charge in [0, 0.05) is 13.1 Å². The lowest BCUT2D eigenvalue weighted by atomic mass is 9.78. The summed E-state index contributed by atoms with van der Waals surface area (Å²) in [5.74, 6) is 1.73. The minimum Gasteiger partial charge on any atom is -0.486 e. The minimum absolute atomic E-state index is 0.566. The Kier molecular flexibility index (Phi) is 4.05. The lowest BCUT2D eigenvalue weighted by Gasteiger charge is -2.34. The fourth-order valence-electron chi connectivity index (χ4n) is 4.04. The topological polar surface area (TPSA) is 33.7 Å². The van der Waals surface area contributed by atoms with Crippen LogP contribution in [-0.2, 0) is 6.54 Å². The maximum absolute atomic E-state index is 5.74. The van der Waals surface area contributed by atoms with Crippen molar-refractivity contribution in [1.82, 2.24) is 10.2 Å². The van der Waals surface area contributed by atoms with Gasteiger partial charge in [-0.05, 0) is 77.9 Å². The molecule has 2 saturated heterocycles. The Bertz CT molecular complexity index is 558. The van der Waals surface area contributed by atoms with E-state index >= 15 is 0 Å². The molecule has 3 aliphatic rings. The highest BCUT2D eigenvalue weighted by molar-refractivity contribution is 9.10. The first kappa shape index (κ1) is 14.8. The van der Waals surface area contributed by atoms with Crippen LogP contribution in [0.25, 0.3) is 0 Å². The summed E-state index contributed by atoms with van der Waals surface area (Å²) >= 11 is 3.62. The number of nitrogens with one attached hydrogen (secondary N) is 1. The first-order valence-electron chi connectivity index (χ1n) is 8.25. The van der Waals surface area contributed by atoms with E-state index in [0.717, 1.165) is 22.5 Å². The van der Waals surface area contributed by atoms with Crippen molar-refractivity contribution in [2.45, 2.75) is 25.8 Å². The zero-order valence-electron chi connectivity index (χ0n) is 12.9. The number of rotatable bonds is 2. The van der Waals surface area contributed by atoms with Crippen LogP contribution in [0.2, 0.25) is 0 Å². The molecular formula is C17H23BrN2O2. The molecule has 4 nitrogen and oxygen atoms in total. The van der Waals surface area contributed by atoms with Crippen LogP contribution >= 0.6 is 15.9 Å². The lowest BCUT2D eigenvalue weighted by Crippen LogP contribution is -2.38. The fraction of sp³-hybridized carbons (Fsp3) is 0.647. The summed E-state index contributed by atoms with van der Waals surface area (Å²) in [6, 6.07) is 4.33. The molecule has 0 atom stereocenters. The summed E-state index contributed by atoms with van der Waals surface area (Å²) in [5, 5.41) is 3.49. The van der Waals surface area contributed by atoms with Gasteiger partial charge in [0.05, 0.1) is 4.47 Å². The Morgan fingerprint density at radius 1 is 1.14 bits per heavy atom. The first-order valence-corrected chi connectivity index (χ1v) is 9.05. The number of halogens is 1.